The van der Waals surface area contributed by atoms with Crippen molar-refractivity contribution < 1.29 is 37.8 Å². The average molecular weight is 405 g/mol. The Morgan fingerprint density at radius 2 is 2.04 bits per heavy atom. The molecule has 0 aliphatic carbocycles. The van der Waals surface area contributed by atoms with E-state index >= 15 is 0 Å². The fourth-order valence-electron chi connectivity index (χ4n) is 2.51. The molecule has 1 aliphatic heterocycles. The third-order valence-electron chi connectivity index (χ3n) is 3.79. The van der Waals surface area contributed by atoms with E-state index in [2.05, 4.69) is 4.98 Å². The van der Waals surface area contributed by atoms with Crippen LogP contribution in [0.15, 0.2) is 17.6 Å². The van der Waals surface area contributed by atoms with E-state index in [1.807, 2.05) is 11.4 Å². The molecule has 1 atom stereocenters. The number of aliphatic carboxylic acids is 1. The van der Waals surface area contributed by atoms with Gasteiger partial charge in [0.2, 0.25) is 17.7 Å². The van der Waals surface area contributed by atoms with Gasteiger partial charge < -0.3 is 20.8 Å². The van der Waals surface area contributed by atoms with E-state index in [1.54, 1.807) is 11.1 Å². The first-order valence-electron chi connectivity index (χ1n) is 7.44. The lowest BCUT2D eigenvalue weighted by Crippen LogP contribution is -2.33. The van der Waals surface area contributed by atoms with Crippen molar-refractivity contribution in [2.24, 2.45) is 11.7 Å². The Balaban J connectivity index is 0.000000321. The van der Waals surface area contributed by atoms with E-state index in [0.717, 1.165) is 10.3 Å². The van der Waals surface area contributed by atoms with Gasteiger partial charge in [0.25, 0.3) is 0 Å². The molecule has 2 aromatic rings. The second-order valence-electron chi connectivity index (χ2n) is 5.57. The number of carboxylic acid groups (broad SMARTS) is 1. The topological polar surface area (TPSA) is 134 Å². The van der Waals surface area contributed by atoms with Gasteiger partial charge in [-0.1, -0.05) is 0 Å². The summed E-state index contributed by atoms with van der Waals surface area (Å²) in [6.07, 6.45) is -3.08. The number of carbonyl (C=O) groups is 3. The van der Waals surface area contributed by atoms with Crippen molar-refractivity contribution in [1.29, 1.82) is 0 Å². The predicted molar refractivity (Wildman–Crippen MR) is 87.7 cm³/mol. The molecule has 1 fully saturated rings. The molecule has 2 amide bonds. The highest BCUT2D eigenvalue weighted by Gasteiger charge is 2.38. The van der Waals surface area contributed by atoms with Crippen molar-refractivity contribution in [2.75, 3.05) is 6.54 Å². The molecule has 1 saturated heterocycles. The number of primary amides is 1. The van der Waals surface area contributed by atoms with Crippen LogP contribution in [0.5, 0.6) is 5.88 Å². The van der Waals surface area contributed by atoms with Crippen LogP contribution in [0.4, 0.5) is 13.2 Å². The third-order valence-corrected chi connectivity index (χ3v) is 4.78. The number of rotatable bonds is 3. The van der Waals surface area contributed by atoms with Crippen LogP contribution in [0.25, 0.3) is 10.1 Å². The lowest BCUT2D eigenvalue weighted by atomic mass is 10.1. The Bertz CT molecular complexity index is 883. The SMILES string of the molecule is NC(=O)[C@@H]1CCN(Cc2csc3ccnc(O)c23)C1=O.O=C(O)C(F)(F)F. The van der Waals surface area contributed by atoms with Crippen LogP contribution < -0.4 is 5.73 Å². The maximum atomic E-state index is 12.0. The summed E-state index contributed by atoms with van der Waals surface area (Å²) in [6, 6.07) is 1.82. The summed E-state index contributed by atoms with van der Waals surface area (Å²) in [4.78, 5) is 37.6. The minimum absolute atomic E-state index is 0.0307. The Labute approximate surface area is 154 Å². The van der Waals surface area contributed by atoms with Crippen molar-refractivity contribution in [3.63, 3.8) is 0 Å². The van der Waals surface area contributed by atoms with Gasteiger partial charge in [-0.25, -0.2) is 9.78 Å². The highest BCUT2D eigenvalue weighted by atomic mass is 32.1. The molecule has 0 bridgehead atoms. The third kappa shape index (κ3) is 4.64. The maximum absolute atomic E-state index is 12.0. The molecule has 27 heavy (non-hydrogen) atoms. The van der Waals surface area contributed by atoms with E-state index in [0.29, 0.717) is 24.9 Å². The van der Waals surface area contributed by atoms with Crippen molar-refractivity contribution >= 4 is 39.2 Å². The molecule has 146 valence electrons. The van der Waals surface area contributed by atoms with Crippen molar-refractivity contribution in [2.45, 2.75) is 19.1 Å². The number of nitrogens with zero attached hydrogens (tertiary/aromatic N) is 2. The monoisotopic (exact) mass is 405 g/mol. The number of hydrogen-bond acceptors (Lipinski definition) is 6. The number of hydrogen-bond donors (Lipinski definition) is 3. The molecule has 3 rings (SSSR count). The fraction of sp³-hybridized carbons (Fsp3) is 0.333. The highest BCUT2D eigenvalue weighted by molar-refractivity contribution is 7.17. The number of carbonyl (C=O) groups excluding carboxylic acids is 2. The van der Waals surface area contributed by atoms with E-state index in [1.165, 1.54) is 11.3 Å². The van der Waals surface area contributed by atoms with Crippen molar-refractivity contribution in [3.05, 3.63) is 23.2 Å². The molecule has 0 aromatic carbocycles. The molecule has 12 heteroatoms. The Morgan fingerprint density at radius 1 is 1.41 bits per heavy atom. The molecular weight excluding hydrogens is 391 g/mol. The number of likely N-dealkylation sites (tertiary alicyclic amines) is 1. The second-order valence-corrected chi connectivity index (χ2v) is 6.49. The summed E-state index contributed by atoms with van der Waals surface area (Å²) < 4.78 is 32.7. The van der Waals surface area contributed by atoms with Crippen LogP contribution in [-0.2, 0) is 20.9 Å². The number of aromatic hydroxyl groups is 1. The number of amides is 2. The van der Waals surface area contributed by atoms with Gasteiger partial charge in [0.15, 0.2) is 0 Å². The number of carboxylic acids is 1. The fourth-order valence-corrected chi connectivity index (χ4v) is 3.45. The van der Waals surface area contributed by atoms with Crippen LogP contribution in [0.3, 0.4) is 0 Å². The van der Waals surface area contributed by atoms with E-state index in [-0.39, 0.29) is 11.8 Å². The molecule has 0 spiro atoms. The molecule has 0 radical (unpaired) electrons. The quantitative estimate of drug-likeness (QED) is 0.662. The number of alkyl halides is 3. The smallest absolute Gasteiger partial charge is 0.490 e. The number of nitrogens with two attached hydrogens (primary N) is 1. The normalized spacial score (nSPS) is 16.9. The largest absolute Gasteiger partial charge is 0.493 e. The van der Waals surface area contributed by atoms with Gasteiger partial charge in [-0.15, -0.1) is 11.3 Å². The van der Waals surface area contributed by atoms with Gasteiger partial charge in [-0.2, -0.15) is 13.2 Å². The highest BCUT2D eigenvalue weighted by Crippen LogP contribution is 2.33. The lowest BCUT2D eigenvalue weighted by molar-refractivity contribution is -0.192. The van der Waals surface area contributed by atoms with Crippen LogP contribution in [0.1, 0.15) is 12.0 Å². The number of aromatic nitrogens is 1. The molecule has 8 nitrogen and oxygen atoms in total. The first-order chi connectivity index (χ1) is 12.5. The predicted octanol–water partition coefficient (Wildman–Crippen LogP) is 1.47. The average Bonchev–Trinajstić information content (AvgIpc) is 3.13. The minimum atomic E-state index is -5.08. The summed E-state index contributed by atoms with van der Waals surface area (Å²) in [5, 5.41) is 19.5. The Kier molecular flexibility index (Phi) is 5.88. The van der Waals surface area contributed by atoms with Gasteiger partial charge >= 0.3 is 12.1 Å². The first-order valence-corrected chi connectivity index (χ1v) is 8.32. The molecule has 0 unspecified atom stereocenters. The number of thiophene rings is 1. The van der Waals surface area contributed by atoms with E-state index < -0.39 is 24.0 Å². The van der Waals surface area contributed by atoms with Gasteiger partial charge in [0, 0.05) is 24.0 Å². The van der Waals surface area contributed by atoms with Gasteiger partial charge in [-0.3, -0.25) is 9.59 Å². The summed E-state index contributed by atoms with van der Waals surface area (Å²) >= 11 is 1.49. The minimum Gasteiger partial charge on any atom is -0.493 e. The lowest BCUT2D eigenvalue weighted by Gasteiger charge is -2.15. The van der Waals surface area contributed by atoms with Gasteiger partial charge in [0.05, 0.1) is 5.39 Å². The summed E-state index contributed by atoms with van der Waals surface area (Å²) in [6.45, 7) is 0.868. The zero-order valence-electron chi connectivity index (χ0n) is 13.6. The summed E-state index contributed by atoms with van der Waals surface area (Å²) in [5.74, 6) is -4.31. The van der Waals surface area contributed by atoms with Crippen LogP contribution >= 0.6 is 11.3 Å². The maximum Gasteiger partial charge on any atom is 0.490 e. The molecule has 1 aliphatic rings. The standard InChI is InChI=1S/C13H13N3O3S.C2HF3O2/c14-11(17)8-2-4-16(13(8)19)5-7-6-20-9-1-3-15-12(18)10(7)9;3-2(4,5)1(6)7/h1,3,6,8H,2,4-5H2,(H2,14,17)(H,15,18);(H,6,7)/t8-;/m0./s1. The Morgan fingerprint density at radius 3 is 2.56 bits per heavy atom. The molecule has 0 saturated carbocycles. The number of fused-ring (bicyclic) bond motifs is 1. The van der Waals surface area contributed by atoms with Crippen LogP contribution in [-0.4, -0.2) is 50.6 Å². The first kappa shape index (κ1) is 20.4. The van der Waals surface area contributed by atoms with E-state index in [4.69, 9.17) is 15.6 Å². The Hall–Kier alpha value is -2.89. The molecule has 2 aromatic heterocycles. The summed E-state index contributed by atoms with van der Waals surface area (Å²) in [5.41, 5.74) is 6.05. The second kappa shape index (κ2) is 7.78. The van der Waals surface area contributed by atoms with Crippen LogP contribution in [0.2, 0.25) is 0 Å². The van der Waals surface area contributed by atoms with Crippen LogP contribution in [0, 0.1) is 5.92 Å². The van der Waals surface area contributed by atoms with Gasteiger partial charge in [0.1, 0.15) is 5.92 Å². The zero-order valence-corrected chi connectivity index (χ0v) is 14.4. The number of halogens is 3. The van der Waals surface area contributed by atoms with E-state index in [9.17, 15) is 27.9 Å². The number of pyridine rings is 1. The summed E-state index contributed by atoms with van der Waals surface area (Å²) in [7, 11) is 0. The van der Waals surface area contributed by atoms with Gasteiger partial charge in [-0.05, 0) is 23.4 Å². The van der Waals surface area contributed by atoms with Crippen molar-refractivity contribution in [1.82, 2.24) is 9.88 Å². The molecule has 3 heterocycles. The molecule has 4 N–H and O–H groups in total. The molecular formula is C15H14F3N3O5S. The van der Waals surface area contributed by atoms with Crippen molar-refractivity contribution in [3.8, 4) is 5.88 Å². The zero-order chi connectivity index (χ0) is 20.4.